The van der Waals surface area contributed by atoms with Crippen LogP contribution in [0.3, 0.4) is 0 Å². The monoisotopic (exact) mass is 266 g/mol. The maximum Gasteiger partial charge on any atom is 0.225 e. The average molecular weight is 266 g/mol. The number of aromatic nitrogens is 2. The third-order valence-electron chi connectivity index (χ3n) is 4.15. The molecule has 1 unspecified atom stereocenters. The van der Waals surface area contributed by atoms with Crippen LogP contribution in [0, 0.1) is 11.7 Å². The van der Waals surface area contributed by atoms with Crippen molar-refractivity contribution in [1.82, 2.24) is 14.9 Å². The van der Waals surface area contributed by atoms with Crippen molar-refractivity contribution in [3.05, 3.63) is 18.2 Å². The normalized spacial score (nSPS) is 28.2. The van der Waals surface area contributed by atoms with Crippen molar-refractivity contribution >= 4 is 5.95 Å². The van der Waals surface area contributed by atoms with E-state index in [1.54, 1.807) is 0 Å². The molecule has 5 nitrogen and oxygen atoms in total. The molecule has 2 fully saturated rings. The number of halogens is 1. The zero-order chi connectivity index (χ0) is 13.2. The number of piperazine rings is 1. The van der Waals surface area contributed by atoms with E-state index in [0.717, 1.165) is 39.0 Å². The summed E-state index contributed by atoms with van der Waals surface area (Å²) in [6.07, 6.45) is 4.62. The fourth-order valence-electron chi connectivity index (χ4n) is 3.06. The molecule has 2 aliphatic heterocycles. The number of fused-ring (bicyclic) bond motifs is 1. The topological polar surface area (TPSA) is 52.5 Å². The molecule has 1 aromatic heterocycles. The first kappa shape index (κ1) is 12.7. The summed E-state index contributed by atoms with van der Waals surface area (Å²) in [6.45, 7) is 3.99. The predicted molar refractivity (Wildman–Crippen MR) is 69.4 cm³/mol. The van der Waals surface area contributed by atoms with Gasteiger partial charge in [0.2, 0.25) is 5.95 Å². The molecule has 2 saturated heterocycles. The lowest BCUT2D eigenvalue weighted by Crippen LogP contribution is -2.57. The standard InChI is InChI=1S/C13H19FN4O/c14-11-5-15-13(16-6-11)18-4-3-17-7-10(9-19)1-2-12(17)8-18/h5-6,10,12,19H,1-4,7-9H2/t10-,12?/m1/s1. The number of piperidine rings is 1. The molecule has 0 bridgehead atoms. The van der Waals surface area contributed by atoms with Gasteiger partial charge in [0.05, 0.1) is 12.4 Å². The second kappa shape index (κ2) is 5.38. The first-order valence-corrected chi connectivity index (χ1v) is 6.83. The number of hydrogen-bond donors (Lipinski definition) is 1. The second-order valence-electron chi connectivity index (χ2n) is 5.42. The van der Waals surface area contributed by atoms with E-state index in [1.807, 2.05) is 0 Å². The largest absolute Gasteiger partial charge is 0.396 e. The van der Waals surface area contributed by atoms with Crippen LogP contribution in [0.2, 0.25) is 0 Å². The molecule has 1 N–H and O–H groups in total. The summed E-state index contributed by atoms with van der Waals surface area (Å²) in [7, 11) is 0. The fraction of sp³-hybridized carbons (Fsp3) is 0.692. The van der Waals surface area contributed by atoms with Crippen LogP contribution in [0.15, 0.2) is 12.4 Å². The van der Waals surface area contributed by atoms with Crippen LogP contribution < -0.4 is 4.90 Å². The Morgan fingerprint density at radius 2 is 2.00 bits per heavy atom. The molecule has 0 saturated carbocycles. The smallest absolute Gasteiger partial charge is 0.225 e. The minimum atomic E-state index is -0.397. The Hall–Kier alpha value is -1.27. The van der Waals surface area contributed by atoms with Crippen molar-refractivity contribution < 1.29 is 9.50 Å². The highest BCUT2D eigenvalue weighted by atomic mass is 19.1. The molecule has 0 amide bonds. The van der Waals surface area contributed by atoms with Crippen LogP contribution in [-0.4, -0.2) is 58.8 Å². The average Bonchev–Trinajstić information content (AvgIpc) is 2.47. The Morgan fingerprint density at radius 1 is 1.21 bits per heavy atom. The van der Waals surface area contributed by atoms with Crippen LogP contribution in [0.25, 0.3) is 0 Å². The van der Waals surface area contributed by atoms with E-state index in [0.29, 0.717) is 17.9 Å². The SMILES string of the molecule is OC[C@@H]1CCC2CN(c3ncc(F)cn3)CCN2C1. The van der Waals surface area contributed by atoms with Gasteiger partial charge >= 0.3 is 0 Å². The summed E-state index contributed by atoms with van der Waals surface area (Å²) in [5.74, 6) is 0.640. The first-order chi connectivity index (χ1) is 9.26. The molecule has 3 heterocycles. The van der Waals surface area contributed by atoms with E-state index in [9.17, 15) is 9.50 Å². The molecule has 1 aromatic rings. The van der Waals surface area contributed by atoms with Gasteiger partial charge in [0.25, 0.3) is 0 Å². The molecule has 0 radical (unpaired) electrons. The van der Waals surface area contributed by atoms with Crippen LogP contribution in [0.4, 0.5) is 10.3 Å². The van der Waals surface area contributed by atoms with E-state index < -0.39 is 5.82 Å². The number of nitrogens with zero attached hydrogens (tertiary/aromatic N) is 4. The van der Waals surface area contributed by atoms with Gasteiger partial charge in [-0.05, 0) is 18.8 Å². The number of aliphatic hydroxyl groups excluding tert-OH is 1. The maximum atomic E-state index is 12.8. The lowest BCUT2D eigenvalue weighted by molar-refractivity contribution is 0.0670. The van der Waals surface area contributed by atoms with E-state index in [1.165, 1.54) is 12.4 Å². The minimum absolute atomic E-state index is 0.286. The Labute approximate surface area is 112 Å². The van der Waals surface area contributed by atoms with Crippen LogP contribution in [0.1, 0.15) is 12.8 Å². The van der Waals surface area contributed by atoms with Crippen molar-refractivity contribution in [2.75, 3.05) is 37.7 Å². The fourth-order valence-corrected chi connectivity index (χ4v) is 3.06. The Morgan fingerprint density at radius 3 is 2.74 bits per heavy atom. The predicted octanol–water partition coefficient (Wildman–Crippen LogP) is 0.509. The van der Waals surface area contributed by atoms with Gasteiger partial charge in [0.1, 0.15) is 0 Å². The van der Waals surface area contributed by atoms with Crippen LogP contribution >= 0.6 is 0 Å². The third kappa shape index (κ3) is 2.69. The highest BCUT2D eigenvalue weighted by Crippen LogP contribution is 2.26. The second-order valence-corrected chi connectivity index (χ2v) is 5.42. The zero-order valence-corrected chi connectivity index (χ0v) is 10.9. The van der Waals surface area contributed by atoms with Crippen molar-refractivity contribution in [2.45, 2.75) is 18.9 Å². The zero-order valence-electron chi connectivity index (χ0n) is 10.9. The summed E-state index contributed by atoms with van der Waals surface area (Å²) in [5, 5.41) is 9.24. The molecule has 19 heavy (non-hydrogen) atoms. The molecule has 0 spiro atoms. The molecule has 0 aromatic carbocycles. The molecule has 6 heteroatoms. The van der Waals surface area contributed by atoms with Crippen molar-refractivity contribution in [1.29, 1.82) is 0 Å². The van der Waals surface area contributed by atoms with Crippen molar-refractivity contribution in [2.24, 2.45) is 5.92 Å². The molecule has 2 aliphatic rings. The summed E-state index contributed by atoms with van der Waals surface area (Å²) < 4.78 is 12.8. The molecule has 0 aliphatic carbocycles. The highest BCUT2D eigenvalue weighted by Gasteiger charge is 2.33. The van der Waals surface area contributed by atoms with Gasteiger partial charge in [-0.3, -0.25) is 4.90 Å². The number of anilines is 1. The molecule has 3 rings (SSSR count). The highest BCUT2D eigenvalue weighted by molar-refractivity contribution is 5.30. The molecule has 2 atom stereocenters. The van der Waals surface area contributed by atoms with Gasteiger partial charge < -0.3 is 10.0 Å². The van der Waals surface area contributed by atoms with Crippen molar-refractivity contribution in [3.63, 3.8) is 0 Å². The van der Waals surface area contributed by atoms with Crippen LogP contribution in [-0.2, 0) is 0 Å². The first-order valence-electron chi connectivity index (χ1n) is 6.83. The Kier molecular flexibility index (Phi) is 3.61. The molecular formula is C13H19FN4O. The molecular weight excluding hydrogens is 247 g/mol. The minimum Gasteiger partial charge on any atom is -0.396 e. The van der Waals surface area contributed by atoms with E-state index in [-0.39, 0.29) is 6.61 Å². The van der Waals surface area contributed by atoms with E-state index in [4.69, 9.17) is 0 Å². The van der Waals surface area contributed by atoms with Gasteiger partial charge in [-0.1, -0.05) is 0 Å². The summed E-state index contributed by atoms with van der Waals surface area (Å²) >= 11 is 0. The Bertz CT molecular complexity index is 427. The van der Waals surface area contributed by atoms with Gasteiger partial charge in [-0.25, -0.2) is 14.4 Å². The van der Waals surface area contributed by atoms with Gasteiger partial charge in [-0.2, -0.15) is 0 Å². The van der Waals surface area contributed by atoms with Crippen molar-refractivity contribution in [3.8, 4) is 0 Å². The third-order valence-corrected chi connectivity index (χ3v) is 4.15. The summed E-state index contributed by atoms with van der Waals surface area (Å²) in [4.78, 5) is 12.7. The quantitative estimate of drug-likeness (QED) is 0.845. The van der Waals surface area contributed by atoms with E-state index >= 15 is 0 Å². The number of hydrogen-bond acceptors (Lipinski definition) is 5. The lowest BCUT2D eigenvalue weighted by Gasteiger charge is -2.46. The molecule has 104 valence electrons. The van der Waals surface area contributed by atoms with Gasteiger partial charge in [0.15, 0.2) is 5.82 Å². The van der Waals surface area contributed by atoms with E-state index in [2.05, 4.69) is 19.8 Å². The number of rotatable bonds is 2. The lowest BCUT2D eigenvalue weighted by atomic mass is 9.92. The van der Waals surface area contributed by atoms with Gasteiger partial charge in [0, 0.05) is 38.8 Å². The summed E-state index contributed by atoms with van der Waals surface area (Å²) in [5.41, 5.74) is 0. The maximum absolute atomic E-state index is 12.8. The summed E-state index contributed by atoms with van der Waals surface area (Å²) in [6, 6.07) is 0.505. The Balaban J connectivity index is 1.65. The van der Waals surface area contributed by atoms with Gasteiger partial charge in [-0.15, -0.1) is 0 Å². The van der Waals surface area contributed by atoms with Crippen LogP contribution in [0.5, 0.6) is 0 Å². The number of aliphatic hydroxyl groups is 1.